The van der Waals surface area contributed by atoms with E-state index in [1.54, 1.807) is 0 Å². The Kier molecular flexibility index (Phi) is 3.71. The van der Waals surface area contributed by atoms with Gasteiger partial charge in [0.05, 0.1) is 6.04 Å². The van der Waals surface area contributed by atoms with Crippen LogP contribution in [0.3, 0.4) is 0 Å². The van der Waals surface area contributed by atoms with Gasteiger partial charge in [-0.05, 0) is 36.4 Å². The number of para-hydroxylation sites is 1. The van der Waals surface area contributed by atoms with Gasteiger partial charge in [0.1, 0.15) is 0 Å². The van der Waals surface area contributed by atoms with Gasteiger partial charge in [0.25, 0.3) is 0 Å². The quantitative estimate of drug-likeness (QED) is 0.842. The smallest absolute Gasteiger partial charge is 0.241 e. The fourth-order valence-electron chi connectivity index (χ4n) is 2.37. The monoisotopic (exact) mass is 246 g/mol. The van der Waals surface area contributed by atoms with Crippen LogP contribution in [0.15, 0.2) is 24.3 Å². The minimum absolute atomic E-state index is 0.0296. The van der Waals surface area contributed by atoms with Crippen molar-refractivity contribution < 1.29 is 4.79 Å². The minimum atomic E-state index is -0.0296. The summed E-state index contributed by atoms with van der Waals surface area (Å²) in [5.74, 6) is 0.0872. The van der Waals surface area contributed by atoms with Crippen LogP contribution in [0.25, 0.3) is 0 Å². The molecule has 1 heterocycles. The van der Waals surface area contributed by atoms with Gasteiger partial charge in [-0.2, -0.15) is 0 Å². The number of carbonyl (C=O) groups is 1. The van der Waals surface area contributed by atoms with E-state index in [4.69, 9.17) is 0 Å². The molecular weight excluding hydrogens is 224 g/mol. The van der Waals surface area contributed by atoms with Gasteiger partial charge in [-0.1, -0.05) is 39.0 Å². The van der Waals surface area contributed by atoms with Crippen LogP contribution in [-0.2, 0) is 10.2 Å². The summed E-state index contributed by atoms with van der Waals surface area (Å²) in [6, 6.07) is 8.01. The van der Waals surface area contributed by atoms with Gasteiger partial charge in [-0.25, -0.2) is 0 Å². The fourth-order valence-corrected chi connectivity index (χ4v) is 2.37. The molecule has 1 fully saturated rings. The summed E-state index contributed by atoms with van der Waals surface area (Å²) in [5, 5.41) is 6.28. The number of nitrogens with one attached hydrogen (secondary N) is 2. The van der Waals surface area contributed by atoms with Crippen molar-refractivity contribution in [1.82, 2.24) is 5.32 Å². The lowest BCUT2D eigenvalue weighted by Gasteiger charge is -2.23. The first-order chi connectivity index (χ1) is 8.48. The average molecular weight is 246 g/mol. The second-order valence-corrected chi connectivity index (χ2v) is 5.93. The number of hydrogen-bond donors (Lipinski definition) is 2. The molecule has 98 valence electrons. The molecule has 0 aromatic heterocycles. The third kappa shape index (κ3) is 2.91. The molecule has 1 aromatic carbocycles. The number of carbonyl (C=O) groups excluding carboxylic acids is 1. The highest BCUT2D eigenvalue weighted by Crippen LogP contribution is 2.29. The van der Waals surface area contributed by atoms with E-state index in [0.29, 0.717) is 0 Å². The summed E-state index contributed by atoms with van der Waals surface area (Å²) in [4.78, 5) is 12.1. The highest BCUT2D eigenvalue weighted by Gasteiger charge is 2.24. The first kappa shape index (κ1) is 13.1. The highest BCUT2D eigenvalue weighted by molar-refractivity contribution is 5.95. The summed E-state index contributed by atoms with van der Waals surface area (Å²) in [6.07, 6.45) is 2.02. The van der Waals surface area contributed by atoms with Gasteiger partial charge in [0, 0.05) is 5.69 Å². The van der Waals surface area contributed by atoms with E-state index in [1.807, 2.05) is 18.2 Å². The topological polar surface area (TPSA) is 41.1 Å². The molecule has 18 heavy (non-hydrogen) atoms. The maximum atomic E-state index is 12.1. The Labute approximate surface area is 109 Å². The van der Waals surface area contributed by atoms with Gasteiger partial charge in [0.15, 0.2) is 0 Å². The second-order valence-electron chi connectivity index (χ2n) is 5.93. The van der Waals surface area contributed by atoms with E-state index in [-0.39, 0.29) is 17.4 Å². The summed E-state index contributed by atoms with van der Waals surface area (Å²) in [6.45, 7) is 7.42. The summed E-state index contributed by atoms with van der Waals surface area (Å²) < 4.78 is 0. The molecule has 3 heteroatoms. The van der Waals surface area contributed by atoms with Crippen LogP contribution in [0.5, 0.6) is 0 Å². The number of rotatable bonds is 2. The van der Waals surface area contributed by atoms with Crippen molar-refractivity contribution in [2.45, 2.75) is 45.1 Å². The van der Waals surface area contributed by atoms with Gasteiger partial charge >= 0.3 is 0 Å². The van der Waals surface area contributed by atoms with Crippen molar-refractivity contribution in [3.8, 4) is 0 Å². The zero-order valence-corrected chi connectivity index (χ0v) is 11.4. The molecule has 0 aliphatic carbocycles. The van der Waals surface area contributed by atoms with Crippen molar-refractivity contribution in [1.29, 1.82) is 0 Å². The van der Waals surface area contributed by atoms with Crippen molar-refractivity contribution in [3.63, 3.8) is 0 Å². The molecule has 1 saturated heterocycles. The fraction of sp³-hybridized carbons (Fsp3) is 0.533. The van der Waals surface area contributed by atoms with Crippen LogP contribution in [-0.4, -0.2) is 18.5 Å². The Bertz CT molecular complexity index is 428. The Morgan fingerprint density at radius 3 is 2.67 bits per heavy atom. The molecule has 1 aliphatic heterocycles. The summed E-state index contributed by atoms with van der Waals surface area (Å²) >= 11 is 0. The molecular formula is C15H22N2O. The molecule has 1 aromatic rings. The molecule has 1 atom stereocenters. The van der Waals surface area contributed by atoms with E-state index in [2.05, 4.69) is 37.5 Å². The third-order valence-corrected chi connectivity index (χ3v) is 3.37. The van der Waals surface area contributed by atoms with Gasteiger partial charge in [-0.3, -0.25) is 4.79 Å². The Morgan fingerprint density at radius 1 is 1.33 bits per heavy atom. The van der Waals surface area contributed by atoms with Crippen LogP contribution in [0.1, 0.15) is 39.2 Å². The Hall–Kier alpha value is -1.35. The zero-order valence-electron chi connectivity index (χ0n) is 11.4. The average Bonchev–Trinajstić information content (AvgIpc) is 2.81. The molecule has 3 nitrogen and oxygen atoms in total. The number of benzene rings is 1. The van der Waals surface area contributed by atoms with Gasteiger partial charge in [-0.15, -0.1) is 0 Å². The molecule has 0 unspecified atom stereocenters. The lowest BCUT2D eigenvalue weighted by atomic mass is 9.86. The van der Waals surface area contributed by atoms with Crippen molar-refractivity contribution in [2.24, 2.45) is 0 Å². The molecule has 0 bridgehead atoms. The zero-order chi connectivity index (χ0) is 13.2. The normalized spacial score (nSPS) is 19.8. The first-order valence-electron chi connectivity index (χ1n) is 6.62. The van der Waals surface area contributed by atoms with Crippen molar-refractivity contribution >= 4 is 11.6 Å². The largest absolute Gasteiger partial charge is 0.324 e. The lowest BCUT2D eigenvalue weighted by molar-refractivity contribution is -0.117. The van der Waals surface area contributed by atoms with Crippen LogP contribution in [0.2, 0.25) is 0 Å². The maximum absolute atomic E-state index is 12.1. The number of hydrogen-bond acceptors (Lipinski definition) is 2. The van der Waals surface area contributed by atoms with E-state index in [9.17, 15) is 4.79 Å². The molecule has 1 amide bonds. The molecule has 0 spiro atoms. The first-order valence-corrected chi connectivity index (χ1v) is 6.62. The third-order valence-electron chi connectivity index (χ3n) is 3.37. The molecule has 0 saturated carbocycles. The minimum Gasteiger partial charge on any atom is -0.324 e. The van der Waals surface area contributed by atoms with E-state index >= 15 is 0 Å². The summed E-state index contributed by atoms with van der Waals surface area (Å²) in [5.41, 5.74) is 2.15. The van der Waals surface area contributed by atoms with Gasteiger partial charge < -0.3 is 10.6 Å². The van der Waals surface area contributed by atoms with Crippen molar-refractivity contribution in [2.75, 3.05) is 11.9 Å². The SMILES string of the molecule is CC(C)(C)c1ccccc1NC(=O)[C@H]1CCCN1. The van der Waals surface area contributed by atoms with Crippen LogP contribution < -0.4 is 10.6 Å². The second kappa shape index (κ2) is 5.11. The van der Waals surface area contributed by atoms with Crippen LogP contribution in [0, 0.1) is 0 Å². The van der Waals surface area contributed by atoms with Gasteiger partial charge in [0.2, 0.25) is 5.91 Å². The van der Waals surface area contributed by atoms with E-state index in [0.717, 1.165) is 25.1 Å². The van der Waals surface area contributed by atoms with Crippen LogP contribution in [0.4, 0.5) is 5.69 Å². The molecule has 2 N–H and O–H groups in total. The van der Waals surface area contributed by atoms with E-state index < -0.39 is 0 Å². The summed E-state index contributed by atoms with van der Waals surface area (Å²) in [7, 11) is 0. The predicted molar refractivity (Wildman–Crippen MR) is 74.8 cm³/mol. The molecule has 0 radical (unpaired) electrons. The maximum Gasteiger partial charge on any atom is 0.241 e. The highest BCUT2D eigenvalue weighted by atomic mass is 16.2. The van der Waals surface area contributed by atoms with E-state index in [1.165, 1.54) is 5.56 Å². The molecule has 1 aliphatic rings. The van der Waals surface area contributed by atoms with Crippen molar-refractivity contribution in [3.05, 3.63) is 29.8 Å². The Morgan fingerprint density at radius 2 is 2.06 bits per heavy atom. The standard InChI is InChI=1S/C15H22N2O/c1-15(2,3)11-7-4-5-8-12(11)17-14(18)13-9-6-10-16-13/h4-5,7-8,13,16H,6,9-10H2,1-3H3,(H,17,18)/t13-/m1/s1. The Balaban J connectivity index is 2.16. The lowest BCUT2D eigenvalue weighted by Crippen LogP contribution is -2.36. The predicted octanol–water partition coefficient (Wildman–Crippen LogP) is 2.67. The molecule has 2 rings (SSSR count). The van der Waals surface area contributed by atoms with Crippen LogP contribution >= 0.6 is 0 Å². The number of anilines is 1. The number of amides is 1.